The highest BCUT2D eigenvalue weighted by molar-refractivity contribution is 7.13. The van der Waals surface area contributed by atoms with Crippen molar-refractivity contribution in [3.8, 4) is 17.2 Å². The van der Waals surface area contributed by atoms with E-state index in [0.29, 0.717) is 40.1 Å². The molecule has 1 fully saturated rings. The Morgan fingerprint density at radius 1 is 1.12 bits per heavy atom. The zero-order chi connectivity index (χ0) is 22.1. The molecule has 1 aromatic heterocycles. The molecule has 0 spiro atoms. The zero-order valence-corrected chi connectivity index (χ0v) is 18.1. The Hall–Kier alpha value is -3.66. The number of amides is 2. The van der Waals surface area contributed by atoms with Gasteiger partial charge in [-0.2, -0.15) is 0 Å². The largest absolute Gasteiger partial charge is 0.497 e. The summed E-state index contributed by atoms with van der Waals surface area (Å²) in [5, 5.41) is 12.0. The molecule has 10 heteroatoms. The van der Waals surface area contributed by atoms with Crippen LogP contribution in [-0.2, 0) is 0 Å². The molecule has 2 aliphatic rings. The minimum absolute atomic E-state index is 0.0725. The van der Waals surface area contributed by atoms with Gasteiger partial charge >= 0.3 is 0 Å². The Labute approximate surface area is 187 Å². The number of carbonyl (C=O) groups is 2. The third kappa shape index (κ3) is 3.84. The van der Waals surface area contributed by atoms with E-state index in [9.17, 15) is 9.59 Å². The highest BCUT2D eigenvalue weighted by Crippen LogP contribution is 2.36. The molecule has 0 saturated carbocycles. The smallest absolute Gasteiger partial charge is 0.286 e. The third-order valence-corrected chi connectivity index (χ3v) is 6.42. The highest BCUT2D eigenvalue weighted by Gasteiger charge is 2.33. The Bertz CT molecular complexity index is 1160. The summed E-state index contributed by atoms with van der Waals surface area (Å²) in [7, 11) is 1.59. The van der Waals surface area contributed by atoms with Gasteiger partial charge in [-0.25, -0.2) is 0 Å². The standard InChI is InChI=1S/C22H20N4O5S/c1-29-15-7-4-13(5-8-15)22(28)26-10-2-3-16(26)20-24-25-21(32-20)19(27)23-14-6-9-17-18(11-14)31-12-30-17/h4-9,11,16H,2-3,10,12H2,1H3,(H,23,27)/t16-/m0/s1. The van der Waals surface area contributed by atoms with Gasteiger partial charge in [0.25, 0.3) is 11.8 Å². The minimum Gasteiger partial charge on any atom is -0.497 e. The van der Waals surface area contributed by atoms with Crippen LogP contribution < -0.4 is 19.5 Å². The number of hydrogen-bond donors (Lipinski definition) is 1. The molecule has 2 aliphatic heterocycles. The summed E-state index contributed by atoms with van der Waals surface area (Å²) < 4.78 is 15.8. The van der Waals surface area contributed by atoms with Crippen LogP contribution in [0.2, 0.25) is 0 Å². The quantitative estimate of drug-likeness (QED) is 0.632. The molecule has 0 aliphatic carbocycles. The lowest BCUT2D eigenvalue weighted by atomic mass is 10.1. The van der Waals surface area contributed by atoms with Gasteiger partial charge in [0.15, 0.2) is 11.5 Å². The van der Waals surface area contributed by atoms with E-state index in [1.54, 1.807) is 54.5 Å². The van der Waals surface area contributed by atoms with Crippen LogP contribution in [0.25, 0.3) is 0 Å². The van der Waals surface area contributed by atoms with E-state index in [1.807, 2.05) is 0 Å². The molecule has 5 rings (SSSR count). The number of ether oxygens (including phenoxy) is 3. The maximum atomic E-state index is 13.0. The van der Waals surface area contributed by atoms with E-state index < -0.39 is 0 Å². The molecule has 3 aromatic rings. The van der Waals surface area contributed by atoms with Crippen molar-refractivity contribution in [3.63, 3.8) is 0 Å². The number of benzene rings is 2. The van der Waals surface area contributed by atoms with Crippen LogP contribution in [-0.4, -0.2) is 47.4 Å². The lowest BCUT2D eigenvalue weighted by molar-refractivity contribution is 0.0735. The average Bonchev–Trinajstić information content (AvgIpc) is 3.58. The van der Waals surface area contributed by atoms with Gasteiger partial charge in [-0.15, -0.1) is 10.2 Å². The Kier molecular flexibility index (Phi) is 5.36. The fourth-order valence-corrected chi connectivity index (χ4v) is 4.67. The monoisotopic (exact) mass is 452 g/mol. The molecule has 32 heavy (non-hydrogen) atoms. The molecular formula is C22H20N4O5S. The van der Waals surface area contributed by atoms with Crippen molar-refractivity contribution in [2.45, 2.75) is 18.9 Å². The second-order valence-corrected chi connectivity index (χ2v) is 8.36. The maximum absolute atomic E-state index is 13.0. The summed E-state index contributed by atoms with van der Waals surface area (Å²) in [5.41, 5.74) is 1.16. The van der Waals surface area contributed by atoms with Gasteiger partial charge in [-0.05, 0) is 49.2 Å². The second kappa shape index (κ2) is 8.46. The van der Waals surface area contributed by atoms with E-state index in [-0.39, 0.29) is 29.7 Å². The van der Waals surface area contributed by atoms with Crippen molar-refractivity contribution in [1.82, 2.24) is 15.1 Å². The van der Waals surface area contributed by atoms with Gasteiger partial charge in [0, 0.05) is 23.9 Å². The molecule has 2 amide bonds. The van der Waals surface area contributed by atoms with Crippen molar-refractivity contribution in [3.05, 3.63) is 58.0 Å². The van der Waals surface area contributed by atoms with Gasteiger partial charge in [0.1, 0.15) is 10.8 Å². The molecule has 0 radical (unpaired) electrons. The van der Waals surface area contributed by atoms with Gasteiger partial charge in [0.2, 0.25) is 11.8 Å². The molecule has 2 aromatic carbocycles. The van der Waals surface area contributed by atoms with Crippen LogP contribution in [0.5, 0.6) is 17.2 Å². The first-order valence-electron chi connectivity index (χ1n) is 10.1. The predicted molar refractivity (Wildman–Crippen MR) is 116 cm³/mol. The third-order valence-electron chi connectivity index (χ3n) is 5.40. The predicted octanol–water partition coefficient (Wildman–Crippen LogP) is 3.51. The fraction of sp³-hybridized carbons (Fsp3) is 0.273. The normalized spacial score (nSPS) is 16.8. The van der Waals surface area contributed by atoms with Gasteiger partial charge in [-0.3, -0.25) is 9.59 Å². The average molecular weight is 452 g/mol. The van der Waals surface area contributed by atoms with Crippen molar-refractivity contribution in [2.24, 2.45) is 0 Å². The van der Waals surface area contributed by atoms with E-state index >= 15 is 0 Å². The number of rotatable bonds is 5. The van der Waals surface area contributed by atoms with Crippen LogP contribution in [0.3, 0.4) is 0 Å². The van der Waals surface area contributed by atoms with Gasteiger partial charge < -0.3 is 24.4 Å². The number of nitrogens with one attached hydrogen (secondary N) is 1. The summed E-state index contributed by atoms with van der Waals surface area (Å²) in [6.45, 7) is 0.799. The number of aromatic nitrogens is 2. The number of methoxy groups -OCH3 is 1. The molecule has 0 bridgehead atoms. The Morgan fingerprint density at radius 2 is 1.94 bits per heavy atom. The Balaban J connectivity index is 1.29. The summed E-state index contributed by atoms with van der Waals surface area (Å²) >= 11 is 1.20. The van der Waals surface area contributed by atoms with Crippen LogP contribution in [0.4, 0.5) is 5.69 Å². The van der Waals surface area contributed by atoms with Crippen LogP contribution in [0.15, 0.2) is 42.5 Å². The zero-order valence-electron chi connectivity index (χ0n) is 17.2. The maximum Gasteiger partial charge on any atom is 0.286 e. The first-order valence-corrected chi connectivity index (χ1v) is 10.9. The van der Waals surface area contributed by atoms with Gasteiger partial charge in [-0.1, -0.05) is 11.3 Å². The minimum atomic E-state index is -0.362. The second-order valence-electron chi connectivity index (χ2n) is 7.35. The van der Waals surface area contributed by atoms with Crippen LogP contribution >= 0.6 is 11.3 Å². The number of nitrogens with zero attached hydrogens (tertiary/aromatic N) is 3. The number of likely N-dealkylation sites (tertiary alicyclic amines) is 1. The number of fused-ring (bicyclic) bond motifs is 1. The molecular weight excluding hydrogens is 432 g/mol. The lowest BCUT2D eigenvalue weighted by Gasteiger charge is -2.22. The van der Waals surface area contributed by atoms with E-state index in [0.717, 1.165) is 12.8 Å². The molecule has 3 heterocycles. The van der Waals surface area contributed by atoms with Gasteiger partial charge in [0.05, 0.1) is 13.2 Å². The van der Waals surface area contributed by atoms with E-state index in [4.69, 9.17) is 14.2 Å². The molecule has 9 nitrogen and oxygen atoms in total. The number of anilines is 1. The summed E-state index contributed by atoms with van der Waals surface area (Å²) in [5.74, 6) is 1.49. The van der Waals surface area contributed by atoms with Crippen molar-refractivity contribution >= 4 is 28.8 Å². The first kappa shape index (κ1) is 20.3. The Morgan fingerprint density at radius 3 is 2.75 bits per heavy atom. The fourth-order valence-electron chi connectivity index (χ4n) is 3.79. The molecule has 1 N–H and O–H groups in total. The summed E-state index contributed by atoms with van der Waals surface area (Å²) in [6, 6.07) is 12.0. The molecule has 1 saturated heterocycles. The van der Waals surface area contributed by atoms with Crippen molar-refractivity contribution in [2.75, 3.05) is 25.8 Å². The van der Waals surface area contributed by atoms with E-state index in [2.05, 4.69) is 15.5 Å². The van der Waals surface area contributed by atoms with E-state index in [1.165, 1.54) is 11.3 Å². The van der Waals surface area contributed by atoms with Crippen molar-refractivity contribution in [1.29, 1.82) is 0 Å². The summed E-state index contributed by atoms with van der Waals surface area (Å²) in [4.78, 5) is 27.5. The lowest BCUT2D eigenvalue weighted by Crippen LogP contribution is -2.30. The van der Waals surface area contributed by atoms with Crippen LogP contribution in [0.1, 0.15) is 44.1 Å². The number of hydrogen-bond acceptors (Lipinski definition) is 8. The topological polar surface area (TPSA) is 103 Å². The first-order chi connectivity index (χ1) is 15.6. The molecule has 0 unspecified atom stereocenters. The molecule has 164 valence electrons. The highest BCUT2D eigenvalue weighted by atomic mass is 32.1. The summed E-state index contributed by atoms with van der Waals surface area (Å²) in [6.07, 6.45) is 1.64. The molecule has 1 atom stereocenters. The number of carbonyl (C=O) groups excluding carboxylic acids is 2. The van der Waals surface area contributed by atoms with Crippen molar-refractivity contribution < 1.29 is 23.8 Å². The van der Waals surface area contributed by atoms with Crippen LogP contribution in [0, 0.1) is 0 Å². The SMILES string of the molecule is COc1ccc(C(=O)N2CCC[C@H]2c2nnc(C(=O)Nc3ccc4c(c3)OCO4)s2)cc1.